The summed E-state index contributed by atoms with van der Waals surface area (Å²) in [6.07, 6.45) is 1.27. The Morgan fingerprint density at radius 3 is 2.47 bits per heavy atom. The average molecular weight is 267 g/mol. The molecule has 2 heterocycles. The molecular weight excluding hydrogens is 250 g/mol. The molecule has 0 aliphatic carbocycles. The normalized spacial score (nSPS) is 11.4. The summed E-state index contributed by atoms with van der Waals surface area (Å²) in [5.41, 5.74) is 0.632. The molecule has 0 atom stereocenters. The third kappa shape index (κ3) is 3.55. The lowest BCUT2D eigenvalue weighted by molar-refractivity contribution is -0.142. The standard InChI is InChI=1S/C10H17N7O2/c1-4-18-10(19-5-2)8-6-17(15-11-8)7-9-12-14-16(3)13-9/h6,10H,4-5,7H2,1-3H3. The summed E-state index contributed by atoms with van der Waals surface area (Å²) in [6.45, 7) is 5.30. The van der Waals surface area contributed by atoms with Crippen LogP contribution >= 0.6 is 0 Å². The summed E-state index contributed by atoms with van der Waals surface area (Å²) in [5.74, 6) is 0.573. The number of hydrogen-bond acceptors (Lipinski definition) is 7. The molecule has 0 unspecified atom stereocenters. The van der Waals surface area contributed by atoms with Gasteiger partial charge in [-0.15, -0.1) is 15.3 Å². The second kappa shape index (κ2) is 6.34. The fourth-order valence-corrected chi connectivity index (χ4v) is 1.55. The first-order valence-electron chi connectivity index (χ1n) is 6.09. The van der Waals surface area contributed by atoms with Crippen LogP contribution < -0.4 is 0 Å². The molecule has 0 saturated carbocycles. The van der Waals surface area contributed by atoms with Gasteiger partial charge in [-0.3, -0.25) is 0 Å². The van der Waals surface area contributed by atoms with Gasteiger partial charge in [0, 0.05) is 13.2 Å². The van der Waals surface area contributed by atoms with E-state index in [1.807, 2.05) is 13.8 Å². The number of nitrogens with zero attached hydrogens (tertiary/aromatic N) is 7. The van der Waals surface area contributed by atoms with Gasteiger partial charge in [-0.1, -0.05) is 5.21 Å². The SMILES string of the molecule is CCOC(OCC)c1cn(Cc2nnn(C)n2)nn1. The first kappa shape index (κ1) is 13.6. The predicted molar refractivity (Wildman–Crippen MR) is 63.9 cm³/mol. The first-order chi connectivity index (χ1) is 9.22. The van der Waals surface area contributed by atoms with Gasteiger partial charge in [-0.2, -0.15) is 4.80 Å². The van der Waals surface area contributed by atoms with Crippen LogP contribution in [0.1, 0.15) is 31.7 Å². The highest BCUT2D eigenvalue weighted by atomic mass is 16.7. The van der Waals surface area contributed by atoms with Crippen molar-refractivity contribution in [3.05, 3.63) is 17.7 Å². The molecule has 0 amide bonds. The fraction of sp³-hybridized carbons (Fsp3) is 0.700. The maximum Gasteiger partial charge on any atom is 0.204 e. The lowest BCUT2D eigenvalue weighted by Gasteiger charge is -2.13. The zero-order chi connectivity index (χ0) is 13.7. The van der Waals surface area contributed by atoms with Crippen LogP contribution in [-0.4, -0.2) is 48.4 Å². The van der Waals surface area contributed by atoms with Crippen LogP contribution in [0.5, 0.6) is 0 Å². The molecule has 0 N–H and O–H groups in total. The van der Waals surface area contributed by atoms with E-state index in [9.17, 15) is 0 Å². The van der Waals surface area contributed by atoms with Crippen molar-refractivity contribution in [3.8, 4) is 0 Å². The largest absolute Gasteiger partial charge is 0.347 e. The Labute approximate surface area is 110 Å². The topological polar surface area (TPSA) is 92.8 Å². The minimum atomic E-state index is -0.487. The van der Waals surface area contributed by atoms with Crippen molar-refractivity contribution in [2.45, 2.75) is 26.7 Å². The van der Waals surface area contributed by atoms with Gasteiger partial charge in [0.2, 0.25) is 6.29 Å². The molecule has 19 heavy (non-hydrogen) atoms. The zero-order valence-corrected chi connectivity index (χ0v) is 11.2. The third-order valence-corrected chi connectivity index (χ3v) is 2.29. The Bertz CT molecular complexity index is 503. The molecule has 2 aromatic heterocycles. The van der Waals surface area contributed by atoms with E-state index in [1.165, 1.54) is 4.80 Å². The molecule has 0 aromatic carbocycles. The van der Waals surface area contributed by atoms with Crippen LogP contribution in [0.4, 0.5) is 0 Å². The van der Waals surface area contributed by atoms with Crippen molar-refractivity contribution in [1.29, 1.82) is 0 Å². The highest BCUT2D eigenvalue weighted by Gasteiger charge is 2.16. The molecule has 0 aliphatic rings. The lowest BCUT2D eigenvalue weighted by Crippen LogP contribution is -2.09. The third-order valence-electron chi connectivity index (χ3n) is 2.29. The number of aryl methyl sites for hydroxylation is 1. The second-order valence-electron chi connectivity index (χ2n) is 3.78. The molecule has 0 radical (unpaired) electrons. The first-order valence-corrected chi connectivity index (χ1v) is 6.09. The van der Waals surface area contributed by atoms with Gasteiger partial charge in [-0.05, 0) is 19.1 Å². The number of tetrazole rings is 1. The summed E-state index contributed by atoms with van der Waals surface area (Å²) in [6, 6.07) is 0. The lowest BCUT2D eigenvalue weighted by atomic mass is 10.4. The van der Waals surface area contributed by atoms with Crippen molar-refractivity contribution in [3.63, 3.8) is 0 Å². The van der Waals surface area contributed by atoms with Gasteiger partial charge in [0.05, 0.1) is 13.2 Å². The smallest absolute Gasteiger partial charge is 0.204 e. The van der Waals surface area contributed by atoms with Crippen LogP contribution in [-0.2, 0) is 23.1 Å². The van der Waals surface area contributed by atoms with Gasteiger partial charge in [0.15, 0.2) is 5.82 Å². The van der Waals surface area contributed by atoms with E-state index >= 15 is 0 Å². The molecular formula is C10H17N7O2. The van der Waals surface area contributed by atoms with Crippen LogP contribution in [0.3, 0.4) is 0 Å². The molecule has 104 valence electrons. The van der Waals surface area contributed by atoms with Crippen LogP contribution in [0.2, 0.25) is 0 Å². The van der Waals surface area contributed by atoms with Gasteiger partial charge >= 0.3 is 0 Å². The summed E-state index contributed by atoms with van der Waals surface area (Å²) >= 11 is 0. The number of hydrogen-bond donors (Lipinski definition) is 0. The number of rotatable bonds is 7. The average Bonchev–Trinajstić information content (AvgIpc) is 2.99. The highest BCUT2D eigenvalue weighted by molar-refractivity contribution is 4.96. The summed E-state index contributed by atoms with van der Waals surface area (Å²) in [7, 11) is 1.71. The van der Waals surface area contributed by atoms with E-state index in [0.717, 1.165) is 0 Å². The summed E-state index contributed by atoms with van der Waals surface area (Å²) in [5, 5.41) is 19.8. The Morgan fingerprint density at radius 2 is 1.89 bits per heavy atom. The van der Waals surface area contributed by atoms with Crippen molar-refractivity contribution >= 4 is 0 Å². The highest BCUT2D eigenvalue weighted by Crippen LogP contribution is 2.15. The van der Waals surface area contributed by atoms with Crippen molar-refractivity contribution in [2.75, 3.05) is 13.2 Å². The molecule has 9 nitrogen and oxygen atoms in total. The number of aromatic nitrogens is 7. The van der Waals surface area contributed by atoms with E-state index in [1.54, 1.807) is 17.9 Å². The monoisotopic (exact) mass is 267 g/mol. The molecule has 2 rings (SSSR count). The van der Waals surface area contributed by atoms with Crippen molar-refractivity contribution in [2.24, 2.45) is 7.05 Å². The minimum Gasteiger partial charge on any atom is -0.347 e. The maximum atomic E-state index is 5.45. The Balaban J connectivity index is 2.04. The number of ether oxygens (including phenoxy) is 2. The van der Waals surface area contributed by atoms with Gasteiger partial charge < -0.3 is 9.47 Å². The molecule has 0 spiro atoms. The van der Waals surface area contributed by atoms with E-state index < -0.39 is 6.29 Å². The molecule has 2 aromatic rings. The van der Waals surface area contributed by atoms with Gasteiger partial charge in [-0.25, -0.2) is 4.68 Å². The maximum absolute atomic E-state index is 5.45. The fourth-order valence-electron chi connectivity index (χ4n) is 1.55. The Kier molecular flexibility index (Phi) is 4.53. The Morgan fingerprint density at radius 1 is 1.16 bits per heavy atom. The van der Waals surface area contributed by atoms with Crippen LogP contribution in [0.25, 0.3) is 0 Å². The molecule has 9 heteroatoms. The molecule has 0 saturated heterocycles. The van der Waals surface area contributed by atoms with Gasteiger partial charge in [0.25, 0.3) is 0 Å². The summed E-state index contributed by atoms with van der Waals surface area (Å²) < 4.78 is 12.5. The molecule has 0 aliphatic heterocycles. The molecule has 0 bridgehead atoms. The summed E-state index contributed by atoms with van der Waals surface area (Å²) in [4.78, 5) is 1.40. The predicted octanol–water partition coefficient (Wildman–Crippen LogP) is -0.0785. The van der Waals surface area contributed by atoms with E-state index in [-0.39, 0.29) is 0 Å². The van der Waals surface area contributed by atoms with E-state index in [0.29, 0.717) is 31.3 Å². The van der Waals surface area contributed by atoms with Crippen molar-refractivity contribution in [1.82, 2.24) is 35.2 Å². The van der Waals surface area contributed by atoms with Gasteiger partial charge in [0.1, 0.15) is 12.2 Å². The minimum absolute atomic E-state index is 0.409. The second-order valence-corrected chi connectivity index (χ2v) is 3.78. The zero-order valence-electron chi connectivity index (χ0n) is 11.2. The molecule has 0 fully saturated rings. The van der Waals surface area contributed by atoms with Crippen LogP contribution in [0.15, 0.2) is 6.20 Å². The van der Waals surface area contributed by atoms with Crippen molar-refractivity contribution < 1.29 is 9.47 Å². The Hall–Kier alpha value is -1.87. The quantitative estimate of drug-likeness (QED) is 0.648. The van der Waals surface area contributed by atoms with Crippen LogP contribution in [0, 0.1) is 0 Å². The van der Waals surface area contributed by atoms with E-state index in [2.05, 4.69) is 25.7 Å². The van der Waals surface area contributed by atoms with E-state index in [4.69, 9.17) is 9.47 Å².